The summed E-state index contributed by atoms with van der Waals surface area (Å²) < 4.78 is 0. The van der Waals surface area contributed by atoms with Crippen LogP contribution in [0.3, 0.4) is 0 Å². The van der Waals surface area contributed by atoms with E-state index in [1.165, 1.54) is 122 Å². The second kappa shape index (κ2) is 11.7. The number of fused-ring (bicyclic) bond motifs is 6. The molecular weight excluding hydrogens is 301 g/mol. The van der Waals surface area contributed by atoms with Crippen LogP contribution in [0.15, 0.2) is 0 Å². The topological polar surface area (TPSA) is 12.0 Å². The second-order valence-electron chi connectivity index (χ2n) is 9.46. The van der Waals surface area contributed by atoms with E-state index in [0.29, 0.717) is 0 Å². The fourth-order valence-corrected chi connectivity index (χ4v) is 5.83. The van der Waals surface area contributed by atoms with Crippen LogP contribution < -0.4 is 5.32 Å². The summed E-state index contributed by atoms with van der Waals surface area (Å²) in [5.74, 6) is 2.79. The zero-order valence-electron chi connectivity index (χ0n) is 16.8. The van der Waals surface area contributed by atoms with Crippen molar-refractivity contribution in [1.29, 1.82) is 0 Å². The Morgan fingerprint density at radius 3 is 1.88 bits per heavy atom. The molecule has 3 aliphatic rings. The lowest BCUT2D eigenvalue weighted by Gasteiger charge is -2.36. The van der Waals surface area contributed by atoms with Gasteiger partial charge in [-0.25, -0.2) is 0 Å². The lowest BCUT2D eigenvalue weighted by molar-refractivity contribution is 0.272. The van der Waals surface area contributed by atoms with Gasteiger partial charge in [0.25, 0.3) is 0 Å². The Kier molecular flexibility index (Phi) is 9.24. The Morgan fingerprint density at radius 2 is 1.12 bits per heavy atom. The second-order valence-corrected chi connectivity index (χ2v) is 9.46. The van der Waals surface area contributed by atoms with E-state index in [9.17, 15) is 0 Å². The Bertz CT molecular complexity index is 345. The van der Waals surface area contributed by atoms with Crippen molar-refractivity contribution < 1.29 is 0 Å². The molecule has 0 spiro atoms. The molecule has 2 saturated heterocycles. The molecule has 25 heavy (non-hydrogen) atoms. The lowest BCUT2D eigenvalue weighted by Crippen LogP contribution is -2.39. The van der Waals surface area contributed by atoms with Crippen molar-refractivity contribution in [2.45, 2.75) is 133 Å². The van der Waals surface area contributed by atoms with Gasteiger partial charge >= 0.3 is 0 Å². The third-order valence-corrected chi connectivity index (χ3v) is 7.38. The minimum Gasteiger partial charge on any atom is -0.314 e. The number of nitrogens with one attached hydrogen (secondary N) is 1. The molecule has 0 aromatic heterocycles. The highest BCUT2D eigenvalue weighted by atomic mass is 14.9. The molecule has 1 aliphatic carbocycles. The maximum atomic E-state index is 4.05. The highest BCUT2D eigenvalue weighted by molar-refractivity contribution is 6.39. The summed E-state index contributed by atoms with van der Waals surface area (Å²) in [4.78, 5) is 0. The van der Waals surface area contributed by atoms with Gasteiger partial charge in [-0.05, 0) is 31.7 Å². The van der Waals surface area contributed by atoms with E-state index in [1.54, 1.807) is 0 Å². The van der Waals surface area contributed by atoms with Crippen molar-refractivity contribution in [1.82, 2.24) is 5.32 Å². The molecule has 4 atom stereocenters. The SMILES string of the molecule is [B]1[C@@H]2CCCCCCCCNC(CC2)C2CCCCCCCC[C@H]1C2. The van der Waals surface area contributed by atoms with E-state index < -0.39 is 0 Å². The Balaban J connectivity index is 1.68. The largest absolute Gasteiger partial charge is 0.314 e. The van der Waals surface area contributed by atoms with Crippen LogP contribution in [0.2, 0.25) is 11.6 Å². The maximum absolute atomic E-state index is 4.05. The summed E-state index contributed by atoms with van der Waals surface area (Å²) in [5.41, 5.74) is 0. The predicted molar refractivity (Wildman–Crippen MR) is 112 cm³/mol. The standard InChI is InChI=1S/C23H43BN/c1-2-7-11-15-22-19-20(13-9-5-1)23-17-16-21(24-22)14-10-6-3-4-8-12-18-25-23/h20-23,25H,1-19H2/t20?,21-,22+,23?/m1/s1. The van der Waals surface area contributed by atoms with E-state index in [4.69, 9.17) is 0 Å². The van der Waals surface area contributed by atoms with Gasteiger partial charge in [0, 0.05) is 6.04 Å². The predicted octanol–water partition coefficient (Wildman–Crippen LogP) is 6.90. The molecule has 3 fully saturated rings. The van der Waals surface area contributed by atoms with Crippen LogP contribution in [0.5, 0.6) is 0 Å². The molecule has 0 aromatic carbocycles. The van der Waals surface area contributed by atoms with Gasteiger partial charge in [-0.3, -0.25) is 0 Å². The van der Waals surface area contributed by atoms with Crippen molar-refractivity contribution in [2.24, 2.45) is 5.92 Å². The zero-order chi connectivity index (χ0) is 17.2. The molecule has 1 radical (unpaired) electrons. The van der Waals surface area contributed by atoms with Crippen LogP contribution in [0.1, 0.15) is 116 Å². The monoisotopic (exact) mass is 344 g/mol. The molecule has 2 heterocycles. The molecule has 4 bridgehead atoms. The van der Waals surface area contributed by atoms with Gasteiger partial charge in [0.05, 0.1) is 0 Å². The maximum Gasteiger partial charge on any atom is 0.117 e. The molecular formula is C23H43BN. The van der Waals surface area contributed by atoms with Gasteiger partial charge in [0.2, 0.25) is 0 Å². The highest BCUT2D eigenvalue weighted by Gasteiger charge is 2.30. The first-order valence-corrected chi connectivity index (χ1v) is 12.0. The van der Waals surface area contributed by atoms with Gasteiger partial charge in [-0.15, -0.1) is 0 Å². The van der Waals surface area contributed by atoms with Crippen molar-refractivity contribution in [3.05, 3.63) is 0 Å². The Morgan fingerprint density at radius 1 is 0.520 bits per heavy atom. The van der Waals surface area contributed by atoms with Crippen LogP contribution in [-0.2, 0) is 0 Å². The molecule has 143 valence electrons. The summed E-state index contributed by atoms with van der Waals surface area (Å²) in [6.07, 6.45) is 26.5. The fraction of sp³-hybridized carbons (Fsp3) is 1.00. The smallest absolute Gasteiger partial charge is 0.117 e. The number of hydrogen-bond donors (Lipinski definition) is 1. The van der Waals surface area contributed by atoms with Gasteiger partial charge in [0.15, 0.2) is 0 Å². The zero-order valence-corrected chi connectivity index (χ0v) is 16.8. The quantitative estimate of drug-likeness (QED) is 0.471. The molecule has 2 unspecified atom stereocenters. The fourth-order valence-electron chi connectivity index (χ4n) is 5.83. The van der Waals surface area contributed by atoms with Gasteiger partial charge < -0.3 is 5.32 Å². The minimum absolute atomic E-state index is 0.820. The number of rotatable bonds is 0. The molecule has 1 nitrogen and oxygen atoms in total. The first-order chi connectivity index (χ1) is 12.4. The Hall–Kier alpha value is 0.0249. The van der Waals surface area contributed by atoms with Crippen LogP contribution in [0.25, 0.3) is 0 Å². The first-order valence-electron chi connectivity index (χ1n) is 12.0. The third-order valence-electron chi connectivity index (χ3n) is 7.38. The van der Waals surface area contributed by atoms with Crippen LogP contribution in [0, 0.1) is 5.92 Å². The van der Waals surface area contributed by atoms with Gasteiger partial charge in [0.1, 0.15) is 7.28 Å². The summed E-state index contributed by atoms with van der Waals surface area (Å²) in [7, 11) is 2.86. The lowest BCUT2D eigenvalue weighted by atomic mass is 9.48. The van der Waals surface area contributed by atoms with E-state index >= 15 is 0 Å². The number of hydrogen-bond acceptors (Lipinski definition) is 1. The van der Waals surface area contributed by atoms with Gasteiger partial charge in [-0.1, -0.05) is 108 Å². The minimum atomic E-state index is 0.820. The molecule has 0 amide bonds. The van der Waals surface area contributed by atoms with Crippen LogP contribution in [0.4, 0.5) is 0 Å². The highest BCUT2D eigenvalue weighted by Crippen LogP contribution is 2.39. The summed E-state index contributed by atoms with van der Waals surface area (Å²) >= 11 is 0. The normalized spacial score (nSPS) is 37.1. The van der Waals surface area contributed by atoms with E-state index in [1.807, 2.05) is 0 Å². The van der Waals surface area contributed by atoms with E-state index in [-0.39, 0.29) is 0 Å². The molecule has 0 aromatic rings. The Labute approximate surface area is 158 Å². The van der Waals surface area contributed by atoms with E-state index in [2.05, 4.69) is 12.6 Å². The van der Waals surface area contributed by atoms with Gasteiger partial charge in [-0.2, -0.15) is 0 Å². The molecule has 2 aliphatic heterocycles. The summed E-state index contributed by atoms with van der Waals surface area (Å²) in [6.45, 7) is 1.28. The molecule has 2 heteroatoms. The van der Waals surface area contributed by atoms with Crippen molar-refractivity contribution in [3.63, 3.8) is 0 Å². The third kappa shape index (κ3) is 7.27. The average molecular weight is 344 g/mol. The molecule has 1 saturated carbocycles. The average Bonchev–Trinajstić information content (AvgIpc) is 2.64. The first kappa shape index (κ1) is 19.8. The molecule has 3 rings (SSSR count). The van der Waals surface area contributed by atoms with Crippen LogP contribution in [-0.4, -0.2) is 19.9 Å². The molecule has 1 N–H and O–H groups in total. The van der Waals surface area contributed by atoms with E-state index in [0.717, 1.165) is 23.6 Å². The van der Waals surface area contributed by atoms with Crippen molar-refractivity contribution >= 4 is 7.28 Å². The summed E-state index contributed by atoms with van der Waals surface area (Å²) in [6, 6.07) is 0.820. The summed E-state index contributed by atoms with van der Waals surface area (Å²) in [5, 5.41) is 4.05. The van der Waals surface area contributed by atoms with Crippen molar-refractivity contribution in [3.8, 4) is 0 Å². The van der Waals surface area contributed by atoms with Crippen molar-refractivity contribution in [2.75, 3.05) is 6.54 Å². The van der Waals surface area contributed by atoms with Crippen LogP contribution >= 0.6 is 0 Å².